The third-order valence-electron chi connectivity index (χ3n) is 2.88. The number of hydrogen-bond acceptors (Lipinski definition) is 1. The molecule has 3 heteroatoms. The molecule has 0 amide bonds. The van der Waals surface area contributed by atoms with Gasteiger partial charge >= 0.3 is 0 Å². The van der Waals surface area contributed by atoms with Crippen LogP contribution in [0.4, 0.5) is 0 Å². The van der Waals surface area contributed by atoms with E-state index in [2.05, 4.69) is 10.2 Å². The first-order chi connectivity index (χ1) is 6.42. The maximum atomic E-state index is 5.73. The highest BCUT2D eigenvalue weighted by molar-refractivity contribution is 6.17. The first-order valence-corrected chi connectivity index (χ1v) is 5.53. The van der Waals surface area contributed by atoms with E-state index >= 15 is 0 Å². The minimum absolute atomic E-state index is 0.694. The predicted octanol–water partition coefficient (Wildman–Crippen LogP) is 2.85. The van der Waals surface area contributed by atoms with Gasteiger partial charge in [-0.3, -0.25) is 5.10 Å². The minimum Gasteiger partial charge on any atom is -0.282 e. The Kier molecular flexibility index (Phi) is 2.89. The van der Waals surface area contributed by atoms with Crippen LogP contribution in [0.5, 0.6) is 0 Å². The zero-order valence-electron chi connectivity index (χ0n) is 7.72. The van der Waals surface area contributed by atoms with Gasteiger partial charge in [-0.25, -0.2) is 0 Å². The van der Waals surface area contributed by atoms with E-state index in [-0.39, 0.29) is 0 Å². The average molecular weight is 199 g/mol. The number of nitrogens with zero attached hydrogens (tertiary/aromatic N) is 1. The van der Waals surface area contributed by atoms with Gasteiger partial charge in [0.05, 0.1) is 6.20 Å². The standard InChI is InChI=1S/C10H15ClN2/c11-6-5-9-7-12-13-10(9)8-3-1-2-4-8/h7-8H,1-6H2,(H,12,13). The third-order valence-corrected chi connectivity index (χ3v) is 3.07. The van der Waals surface area contributed by atoms with Crippen LogP contribution in [-0.4, -0.2) is 16.1 Å². The number of hydrogen-bond donors (Lipinski definition) is 1. The number of alkyl halides is 1. The predicted molar refractivity (Wildman–Crippen MR) is 54.2 cm³/mol. The van der Waals surface area contributed by atoms with Crippen molar-refractivity contribution in [3.63, 3.8) is 0 Å². The highest BCUT2D eigenvalue weighted by Crippen LogP contribution is 2.34. The molecule has 2 nitrogen and oxygen atoms in total. The summed E-state index contributed by atoms with van der Waals surface area (Å²) in [7, 11) is 0. The molecule has 1 heterocycles. The van der Waals surface area contributed by atoms with Crippen LogP contribution < -0.4 is 0 Å². The van der Waals surface area contributed by atoms with Crippen molar-refractivity contribution in [2.45, 2.75) is 38.0 Å². The topological polar surface area (TPSA) is 28.7 Å². The summed E-state index contributed by atoms with van der Waals surface area (Å²) < 4.78 is 0. The number of aryl methyl sites for hydroxylation is 1. The molecular formula is C10H15ClN2. The van der Waals surface area contributed by atoms with Gasteiger partial charge in [0.2, 0.25) is 0 Å². The van der Waals surface area contributed by atoms with Gasteiger partial charge in [0.1, 0.15) is 0 Å². The number of H-pyrrole nitrogens is 1. The highest BCUT2D eigenvalue weighted by Gasteiger charge is 2.20. The monoisotopic (exact) mass is 198 g/mol. The Balaban J connectivity index is 2.13. The molecule has 1 aliphatic carbocycles. The van der Waals surface area contributed by atoms with E-state index in [1.165, 1.54) is 36.9 Å². The van der Waals surface area contributed by atoms with E-state index in [1.54, 1.807) is 0 Å². The Morgan fingerprint density at radius 3 is 2.92 bits per heavy atom. The normalized spacial score (nSPS) is 18.2. The Morgan fingerprint density at radius 2 is 2.23 bits per heavy atom. The molecule has 0 bridgehead atoms. The molecule has 0 saturated heterocycles. The second-order valence-electron chi connectivity index (χ2n) is 3.73. The molecule has 1 aliphatic rings. The number of aromatic amines is 1. The molecule has 13 heavy (non-hydrogen) atoms. The van der Waals surface area contributed by atoms with Crippen molar-refractivity contribution in [2.75, 3.05) is 5.88 Å². The van der Waals surface area contributed by atoms with Crippen molar-refractivity contribution in [2.24, 2.45) is 0 Å². The molecule has 1 aromatic heterocycles. The molecule has 2 rings (SSSR count). The van der Waals surface area contributed by atoms with Gasteiger partial charge in [-0.1, -0.05) is 12.8 Å². The van der Waals surface area contributed by atoms with E-state index in [0.717, 1.165) is 12.3 Å². The van der Waals surface area contributed by atoms with E-state index in [1.807, 2.05) is 6.20 Å². The van der Waals surface area contributed by atoms with Crippen molar-refractivity contribution < 1.29 is 0 Å². The third kappa shape index (κ3) is 1.88. The fourth-order valence-electron chi connectivity index (χ4n) is 2.19. The Hall–Kier alpha value is -0.500. The number of nitrogens with one attached hydrogen (secondary N) is 1. The zero-order valence-corrected chi connectivity index (χ0v) is 8.48. The molecule has 1 N–H and O–H groups in total. The van der Waals surface area contributed by atoms with Crippen LogP contribution in [0.25, 0.3) is 0 Å². The Labute approximate surface area is 83.7 Å². The SMILES string of the molecule is ClCCc1cn[nH]c1C1CCCC1. The summed E-state index contributed by atoms with van der Waals surface area (Å²) in [5, 5.41) is 7.23. The van der Waals surface area contributed by atoms with Gasteiger partial charge in [0.25, 0.3) is 0 Å². The minimum atomic E-state index is 0.694. The molecule has 1 fully saturated rings. The summed E-state index contributed by atoms with van der Waals surface area (Å²) in [6.45, 7) is 0. The lowest BCUT2D eigenvalue weighted by atomic mass is 9.99. The molecule has 0 unspecified atom stereocenters. The van der Waals surface area contributed by atoms with Crippen molar-refractivity contribution in [3.8, 4) is 0 Å². The molecule has 0 spiro atoms. The Bertz CT molecular complexity index is 264. The average Bonchev–Trinajstić information content (AvgIpc) is 2.71. The van der Waals surface area contributed by atoms with E-state index < -0.39 is 0 Å². The lowest BCUT2D eigenvalue weighted by Gasteiger charge is -2.08. The lowest BCUT2D eigenvalue weighted by Crippen LogP contribution is -1.98. The van der Waals surface area contributed by atoms with Crippen LogP contribution in [0.15, 0.2) is 6.20 Å². The summed E-state index contributed by atoms with van der Waals surface area (Å²) in [5.74, 6) is 1.42. The van der Waals surface area contributed by atoms with E-state index in [9.17, 15) is 0 Å². The number of rotatable bonds is 3. The molecule has 1 aromatic rings. The van der Waals surface area contributed by atoms with Gasteiger partial charge in [0, 0.05) is 17.5 Å². The summed E-state index contributed by atoms with van der Waals surface area (Å²) in [4.78, 5) is 0. The largest absolute Gasteiger partial charge is 0.282 e. The van der Waals surface area contributed by atoms with Crippen LogP contribution >= 0.6 is 11.6 Å². The van der Waals surface area contributed by atoms with Gasteiger partial charge < -0.3 is 0 Å². The molecule has 1 saturated carbocycles. The van der Waals surface area contributed by atoms with Crippen LogP contribution in [0.1, 0.15) is 42.9 Å². The van der Waals surface area contributed by atoms with Crippen molar-refractivity contribution in [1.82, 2.24) is 10.2 Å². The van der Waals surface area contributed by atoms with Gasteiger partial charge in [0.15, 0.2) is 0 Å². The second-order valence-corrected chi connectivity index (χ2v) is 4.11. The molecule has 0 atom stereocenters. The molecule has 72 valence electrons. The van der Waals surface area contributed by atoms with E-state index in [4.69, 9.17) is 11.6 Å². The lowest BCUT2D eigenvalue weighted by molar-refractivity contribution is 0.685. The first kappa shape index (κ1) is 9.07. The molecule has 0 aromatic carbocycles. The summed E-state index contributed by atoms with van der Waals surface area (Å²) in [6.07, 6.45) is 8.24. The van der Waals surface area contributed by atoms with Crippen molar-refractivity contribution >= 4 is 11.6 Å². The highest BCUT2D eigenvalue weighted by atomic mass is 35.5. The Morgan fingerprint density at radius 1 is 1.46 bits per heavy atom. The van der Waals surface area contributed by atoms with Crippen LogP contribution in [-0.2, 0) is 6.42 Å². The quantitative estimate of drug-likeness (QED) is 0.744. The van der Waals surface area contributed by atoms with Crippen LogP contribution in [0, 0.1) is 0 Å². The fraction of sp³-hybridized carbons (Fsp3) is 0.700. The second kappa shape index (κ2) is 4.14. The smallest absolute Gasteiger partial charge is 0.0522 e. The number of halogens is 1. The maximum absolute atomic E-state index is 5.73. The van der Waals surface area contributed by atoms with Gasteiger partial charge in [-0.15, -0.1) is 11.6 Å². The van der Waals surface area contributed by atoms with Gasteiger partial charge in [-0.2, -0.15) is 5.10 Å². The summed E-state index contributed by atoms with van der Waals surface area (Å²) >= 11 is 5.73. The van der Waals surface area contributed by atoms with E-state index in [0.29, 0.717) is 5.88 Å². The number of aromatic nitrogens is 2. The summed E-state index contributed by atoms with van der Waals surface area (Å²) in [5.41, 5.74) is 2.67. The van der Waals surface area contributed by atoms with Gasteiger partial charge in [-0.05, 0) is 24.8 Å². The van der Waals surface area contributed by atoms with Crippen LogP contribution in [0.2, 0.25) is 0 Å². The van der Waals surface area contributed by atoms with Crippen molar-refractivity contribution in [3.05, 3.63) is 17.5 Å². The molecule has 0 aliphatic heterocycles. The zero-order chi connectivity index (χ0) is 9.10. The summed E-state index contributed by atoms with van der Waals surface area (Å²) in [6, 6.07) is 0. The molecule has 0 radical (unpaired) electrons. The molecular weight excluding hydrogens is 184 g/mol. The fourth-order valence-corrected chi connectivity index (χ4v) is 2.39. The van der Waals surface area contributed by atoms with Crippen molar-refractivity contribution in [1.29, 1.82) is 0 Å². The maximum Gasteiger partial charge on any atom is 0.0522 e. The first-order valence-electron chi connectivity index (χ1n) is 5.00. The van der Waals surface area contributed by atoms with Crippen LogP contribution in [0.3, 0.4) is 0 Å².